The van der Waals surface area contributed by atoms with Gasteiger partial charge < -0.3 is 10.1 Å². The van der Waals surface area contributed by atoms with Crippen molar-refractivity contribution < 1.29 is 9.13 Å². The Kier molecular flexibility index (Phi) is 3.69. The van der Waals surface area contributed by atoms with Crippen molar-refractivity contribution in [2.75, 3.05) is 18.5 Å². The molecule has 1 aliphatic heterocycles. The molecule has 0 unspecified atom stereocenters. The zero-order chi connectivity index (χ0) is 16.5. The molecule has 2 heterocycles. The van der Waals surface area contributed by atoms with E-state index in [1.165, 1.54) is 12.1 Å². The summed E-state index contributed by atoms with van der Waals surface area (Å²) in [6.45, 7) is 3.43. The van der Waals surface area contributed by atoms with Gasteiger partial charge in [-0.3, -0.25) is 0 Å². The number of fused-ring (bicyclic) bond motifs is 1. The number of ether oxygens (including phenoxy) is 1. The Balaban J connectivity index is 1.87. The first-order valence-electron chi connectivity index (χ1n) is 8.12. The summed E-state index contributed by atoms with van der Waals surface area (Å²) in [4.78, 5) is 0. The minimum absolute atomic E-state index is 0.241. The first-order valence-corrected chi connectivity index (χ1v) is 8.12. The molecular formula is C19H18FN3O. The van der Waals surface area contributed by atoms with E-state index in [1.54, 1.807) is 12.1 Å². The summed E-state index contributed by atoms with van der Waals surface area (Å²) in [7, 11) is 0. The molecule has 0 atom stereocenters. The first kappa shape index (κ1) is 14.8. The molecule has 4 rings (SSSR count). The molecule has 4 nitrogen and oxygen atoms in total. The lowest BCUT2D eigenvalue weighted by molar-refractivity contribution is 0.338. The van der Waals surface area contributed by atoms with Crippen LogP contribution in [0.3, 0.4) is 0 Å². The predicted octanol–water partition coefficient (Wildman–Crippen LogP) is 4.05. The van der Waals surface area contributed by atoms with Crippen LogP contribution in [0.5, 0.6) is 5.75 Å². The van der Waals surface area contributed by atoms with Gasteiger partial charge in [0.1, 0.15) is 23.1 Å². The minimum Gasteiger partial charge on any atom is -0.492 e. The van der Waals surface area contributed by atoms with Gasteiger partial charge in [-0.15, -0.1) is 0 Å². The van der Waals surface area contributed by atoms with Crippen LogP contribution in [0.4, 0.5) is 10.2 Å². The van der Waals surface area contributed by atoms with Crippen molar-refractivity contribution >= 4 is 5.82 Å². The van der Waals surface area contributed by atoms with Crippen molar-refractivity contribution in [3.05, 3.63) is 59.9 Å². The van der Waals surface area contributed by atoms with Crippen LogP contribution in [0, 0.1) is 5.82 Å². The highest BCUT2D eigenvalue weighted by molar-refractivity contribution is 5.73. The third-order valence-corrected chi connectivity index (χ3v) is 4.16. The van der Waals surface area contributed by atoms with Crippen molar-refractivity contribution in [2.24, 2.45) is 0 Å². The summed E-state index contributed by atoms with van der Waals surface area (Å²) >= 11 is 0. The Morgan fingerprint density at radius 1 is 1.17 bits per heavy atom. The van der Waals surface area contributed by atoms with E-state index >= 15 is 0 Å². The smallest absolute Gasteiger partial charge is 0.145 e. The Labute approximate surface area is 139 Å². The van der Waals surface area contributed by atoms with E-state index in [2.05, 4.69) is 5.32 Å². The number of benzene rings is 2. The predicted molar refractivity (Wildman–Crippen MR) is 92.3 cm³/mol. The van der Waals surface area contributed by atoms with E-state index in [0.717, 1.165) is 47.0 Å². The molecule has 0 aliphatic carbocycles. The summed E-state index contributed by atoms with van der Waals surface area (Å²) in [6, 6.07) is 14.3. The quantitative estimate of drug-likeness (QED) is 0.787. The van der Waals surface area contributed by atoms with Gasteiger partial charge in [0.2, 0.25) is 0 Å². The second kappa shape index (κ2) is 6.00. The van der Waals surface area contributed by atoms with Gasteiger partial charge in [-0.05, 0) is 49.7 Å². The van der Waals surface area contributed by atoms with Gasteiger partial charge in [0.25, 0.3) is 0 Å². The minimum atomic E-state index is -0.241. The fourth-order valence-electron chi connectivity index (χ4n) is 3.10. The number of aromatic nitrogens is 2. The fraction of sp³-hybridized carbons (Fsp3) is 0.211. The summed E-state index contributed by atoms with van der Waals surface area (Å²) < 4.78 is 20.9. The monoisotopic (exact) mass is 323 g/mol. The van der Waals surface area contributed by atoms with Crippen molar-refractivity contribution in [1.82, 2.24) is 9.78 Å². The number of nitrogens with zero attached hydrogens (tertiary/aromatic N) is 2. The van der Waals surface area contributed by atoms with Crippen molar-refractivity contribution in [1.29, 1.82) is 0 Å². The Hall–Kier alpha value is -2.82. The maximum absolute atomic E-state index is 13.2. The average Bonchev–Trinajstić information content (AvgIpc) is 3.19. The van der Waals surface area contributed by atoms with Crippen molar-refractivity contribution in [3.63, 3.8) is 0 Å². The van der Waals surface area contributed by atoms with E-state index in [4.69, 9.17) is 9.84 Å². The van der Waals surface area contributed by atoms with Crippen LogP contribution in [0.1, 0.15) is 12.5 Å². The van der Waals surface area contributed by atoms with E-state index in [0.29, 0.717) is 6.61 Å². The average molecular weight is 323 g/mol. The molecule has 0 saturated carbocycles. The van der Waals surface area contributed by atoms with E-state index in [9.17, 15) is 4.39 Å². The van der Waals surface area contributed by atoms with E-state index in [-0.39, 0.29) is 5.82 Å². The molecule has 2 aromatic carbocycles. The standard InChI is InChI=1S/C19H18FN3O/c1-2-24-17-6-4-3-5-16(17)23-19-15(11-12-21-19)18(22-23)13-7-9-14(20)10-8-13/h3-10,21H,2,11-12H2,1H3. The highest BCUT2D eigenvalue weighted by atomic mass is 19.1. The molecule has 24 heavy (non-hydrogen) atoms. The molecule has 0 fully saturated rings. The lowest BCUT2D eigenvalue weighted by Crippen LogP contribution is -2.06. The molecule has 1 N–H and O–H groups in total. The molecule has 0 bridgehead atoms. The van der Waals surface area contributed by atoms with Crippen LogP contribution in [0.25, 0.3) is 16.9 Å². The number of para-hydroxylation sites is 2. The summed E-state index contributed by atoms with van der Waals surface area (Å²) in [5, 5.41) is 8.21. The zero-order valence-corrected chi connectivity index (χ0v) is 13.4. The lowest BCUT2D eigenvalue weighted by atomic mass is 10.1. The summed E-state index contributed by atoms with van der Waals surface area (Å²) in [5.41, 5.74) is 3.87. The van der Waals surface area contributed by atoms with Crippen LogP contribution < -0.4 is 10.1 Å². The van der Waals surface area contributed by atoms with Gasteiger partial charge >= 0.3 is 0 Å². The van der Waals surface area contributed by atoms with Gasteiger partial charge in [0.15, 0.2) is 0 Å². The molecule has 3 aromatic rings. The van der Waals surface area contributed by atoms with Crippen LogP contribution in [-0.2, 0) is 6.42 Å². The zero-order valence-electron chi connectivity index (χ0n) is 13.4. The molecule has 0 radical (unpaired) electrons. The number of halogens is 1. The number of hydrogen-bond donors (Lipinski definition) is 1. The van der Waals surface area contributed by atoms with Crippen molar-refractivity contribution in [2.45, 2.75) is 13.3 Å². The summed E-state index contributed by atoms with van der Waals surface area (Å²) in [5.74, 6) is 1.54. The molecule has 122 valence electrons. The van der Waals surface area contributed by atoms with Gasteiger partial charge in [-0.1, -0.05) is 12.1 Å². The third kappa shape index (κ3) is 2.42. The van der Waals surface area contributed by atoms with Crippen LogP contribution in [0.2, 0.25) is 0 Å². The number of anilines is 1. The normalized spacial score (nSPS) is 12.8. The first-order chi connectivity index (χ1) is 11.8. The molecule has 5 heteroatoms. The van der Waals surface area contributed by atoms with E-state index < -0.39 is 0 Å². The largest absolute Gasteiger partial charge is 0.492 e. The SMILES string of the molecule is CCOc1ccccc1-n1nc(-c2ccc(F)cc2)c2c1NCC2. The molecule has 1 aliphatic rings. The number of rotatable bonds is 4. The maximum atomic E-state index is 13.2. The van der Waals surface area contributed by atoms with E-state index in [1.807, 2.05) is 35.9 Å². The molecular weight excluding hydrogens is 305 g/mol. The Morgan fingerprint density at radius 3 is 2.75 bits per heavy atom. The van der Waals surface area contributed by atoms with Gasteiger partial charge in [-0.25, -0.2) is 9.07 Å². The van der Waals surface area contributed by atoms with Gasteiger partial charge in [-0.2, -0.15) is 5.10 Å². The fourth-order valence-corrected chi connectivity index (χ4v) is 3.10. The van der Waals surface area contributed by atoms with Crippen LogP contribution in [0.15, 0.2) is 48.5 Å². The second-order valence-electron chi connectivity index (χ2n) is 5.67. The topological polar surface area (TPSA) is 39.1 Å². The molecule has 0 amide bonds. The number of hydrogen-bond acceptors (Lipinski definition) is 3. The van der Waals surface area contributed by atoms with Crippen molar-refractivity contribution in [3.8, 4) is 22.7 Å². The lowest BCUT2D eigenvalue weighted by Gasteiger charge is -2.12. The highest BCUT2D eigenvalue weighted by Gasteiger charge is 2.25. The van der Waals surface area contributed by atoms with Crippen LogP contribution >= 0.6 is 0 Å². The van der Waals surface area contributed by atoms with Gasteiger partial charge in [0, 0.05) is 17.7 Å². The Morgan fingerprint density at radius 2 is 1.96 bits per heavy atom. The number of nitrogens with one attached hydrogen (secondary N) is 1. The molecule has 0 spiro atoms. The van der Waals surface area contributed by atoms with Gasteiger partial charge in [0.05, 0.1) is 12.3 Å². The highest BCUT2D eigenvalue weighted by Crippen LogP contribution is 2.36. The molecule has 1 aromatic heterocycles. The third-order valence-electron chi connectivity index (χ3n) is 4.16. The summed E-state index contributed by atoms with van der Waals surface area (Å²) in [6.07, 6.45) is 0.902. The molecule has 0 saturated heterocycles. The maximum Gasteiger partial charge on any atom is 0.145 e. The second-order valence-corrected chi connectivity index (χ2v) is 5.67. The van der Waals surface area contributed by atoms with Crippen LogP contribution in [-0.4, -0.2) is 22.9 Å². The Bertz CT molecular complexity index is 871.